The molecular weight excluding hydrogens is 306 g/mol. The van der Waals surface area contributed by atoms with Crippen LogP contribution in [0.2, 0.25) is 0 Å². The fourth-order valence-corrected chi connectivity index (χ4v) is 2.39. The van der Waals surface area contributed by atoms with E-state index >= 15 is 0 Å². The molecule has 5 heteroatoms. The van der Waals surface area contributed by atoms with E-state index in [-0.39, 0.29) is 6.42 Å². The molecule has 0 aliphatic rings. The maximum absolute atomic E-state index is 11.2. The van der Waals surface area contributed by atoms with Gasteiger partial charge in [-0.05, 0) is 42.8 Å². The topological polar surface area (TPSA) is 72.6 Å². The summed E-state index contributed by atoms with van der Waals surface area (Å²) >= 11 is 0. The molecule has 0 unspecified atom stereocenters. The SMILES string of the molecule is CCOc1ccc(/C=C(\CC(=O)O)c2nc3ccccc3o2)cc1. The van der Waals surface area contributed by atoms with Crippen molar-refractivity contribution in [2.24, 2.45) is 0 Å². The van der Waals surface area contributed by atoms with Gasteiger partial charge in [-0.2, -0.15) is 0 Å². The molecule has 0 saturated heterocycles. The lowest BCUT2D eigenvalue weighted by atomic mass is 10.1. The maximum Gasteiger partial charge on any atom is 0.308 e. The van der Waals surface area contributed by atoms with Crippen LogP contribution >= 0.6 is 0 Å². The smallest absolute Gasteiger partial charge is 0.308 e. The second-order valence-corrected chi connectivity index (χ2v) is 5.23. The van der Waals surface area contributed by atoms with Crippen LogP contribution in [0, 0.1) is 0 Å². The predicted molar refractivity (Wildman–Crippen MR) is 91.7 cm³/mol. The average Bonchev–Trinajstić information content (AvgIpc) is 3.00. The first-order valence-electron chi connectivity index (χ1n) is 7.67. The molecule has 1 heterocycles. The summed E-state index contributed by atoms with van der Waals surface area (Å²) in [4.78, 5) is 15.6. The second kappa shape index (κ2) is 7.00. The Morgan fingerprint density at radius 3 is 2.62 bits per heavy atom. The molecule has 122 valence electrons. The van der Waals surface area contributed by atoms with Gasteiger partial charge in [-0.1, -0.05) is 24.3 Å². The summed E-state index contributed by atoms with van der Waals surface area (Å²) < 4.78 is 11.1. The Balaban J connectivity index is 1.97. The quantitative estimate of drug-likeness (QED) is 0.734. The summed E-state index contributed by atoms with van der Waals surface area (Å²) in [5.41, 5.74) is 2.71. The zero-order valence-electron chi connectivity index (χ0n) is 13.2. The molecule has 0 atom stereocenters. The Hall–Kier alpha value is -3.08. The van der Waals surface area contributed by atoms with Gasteiger partial charge in [-0.15, -0.1) is 0 Å². The van der Waals surface area contributed by atoms with Crippen LogP contribution < -0.4 is 4.74 Å². The number of fused-ring (bicyclic) bond motifs is 1. The molecule has 0 aliphatic heterocycles. The summed E-state index contributed by atoms with van der Waals surface area (Å²) in [6.45, 7) is 2.52. The second-order valence-electron chi connectivity index (χ2n) is 5.23. The van der Waals surface area contributed by atoms with Crippen LogP contribution in [0.5, 0.6) is 5.75 Å². The molecule has 3 rings (SSSR count). The third kappa shape index (κ3) is 3.63. The molecule has 3 aromatic rings. The summed E-state index contributed by atoms with van der Waals surface area (Å²) in [5.74, 6) is 0.165. The van der Waals surface area contributed by atoms with Gasteiger partial charge in [-0.3, -0.25) is 4.79 Å². The number of oxazole rings is 1. The molecule has 2 aromatic carbocycles. The minimum absolute atomic E-state index is 0.167. The van der Waals surface area contributed by atoms with Gasteiger partial charge in [-0.25, -0.2) is 4.98 Å². The number of nitrogens with zero attached hydrogens (tertiary/aromatic N) is 1. The van der Waals surface area contributed by atoms with Crippen molar-refractivity contribution in [2.45, 2.75) is 13.3 Å². The van der Waals surface area contributed by atoms with Gasteiger partial charge in [0, 0.05) is 5.57 Å². The summed E-state index contributed by atoms with van der Waals surface area (Å²) in [6.07, 6.45) is 1.61. The van der Waals surface area contributed by atoms with Gasteiger partial charge in [0.05, 0.1) is 13.0 Å². The number of carbonyl (C=O) groups is 1. The molecule has 0 spiro atoms. The normalized spacial score (nSPS) is 11.6. The van der Waals surface area contributed by atoms with E-state index in [4.69, 9.17) is 9.15 Å². The third-order valence-corrected chi connectivity index (χ3v) is 3.44. The average molecular weight is 323 g/mol. The number of ether oxygens (including phenoxy) is 1. The van der Waals surface area contributed by atoms with Crippen LogP contribution in [0.15, 0.2) is 52.9 Å². The fourth-order valence-electron chi connectivity index (χ4n) is 2.39. The highest BCUT2D eigenvalue weighted by atomic mass is 16.5. The molecule has 0 amide bonds. The number of carboxylic acids is 1. The van der Waals surface area contributed by atoms with E-state index in [0.29, 0.717) is 29.2 Å². The summed E-state index contributed by atoms with van der Waals surface area (Å²) in [5, 5.41) is 9.18. The van der Waals surface area contributed by atoms with Gasteiger partial charge in [0.2, 0.25) is 5.89 Å². The highest BCUT2D eigenvalue weighted by Gasteiger charge is 2.14. The molecule has 0 radical (unpaired) electrons. The van der Waals surface area contributed by atoms with E-state index in [1.54, 1.807) is 12.1 Å². The number of aromatic nitrogens is 1. The van der Waals surface area contributed by atoms with Crippen molar-refractivity contribution in [3.8, 4) is 5.75 Å². The Labute approximate surface area is 139 Å². The van der Waals surface area contributed by atoms with Crippen LogP contribution in [0.25, 0.3) is 22.7 Å². The Kier molecular flexibility index (Phi) is 4.61. The van der Waals surface area contributed by atoms with Crippen molar-refractivity contribution in [1.29, 1.82) is 0 Å². The van der Waals surface area contributed by atoms with Crippen molar-refractivity contribution < 1.29 is 19.1 Å². The molecular formula is C19H17NO4. The van der Waals surface area contributed by atoms with E-state index in [9.17, 15) is 9.90 Å². The maximum atomic E-state index is 11.2. The predicted octanol–water partition coefficient (Wildman–Crippen LogP) is 4.24. The number of para-hydroxylation sites is 2. The minimum Gasteiger partial charge on any atom is -0.494 e. The van der Waals surface area contributed by atoms with E-state index in [2.05, 4.69) is 4.98 Å². The Morgan fingerprint density at radius 2 is 1.96 bits per heavy atom. The molecule has 5 nitrogen and oxygen atoms in total. The van der Waals surface area contributed by atoms with Crippen molar-refractivity contribution in [1.82, 2.24) is 4.98 Å². The first kappa shape index (κ1) is 15.8. The Morgan fingerprint density at radius 1 is 1.21 bits per heavy atom. The van der Waals surface area contributed by atoms with Crippen molar-refractivity contribution >= 4 is 28.7 Å². The van der Waals surface area contributed by atoms with Crippen molar-refractivity contribution in [3.63, 3.8) is 0 Å². The fraction of sp³-hybridized carbons (Fsp3) is 0.158. The summed E-state index contributed by atoms with van der Waals surface area (Å²) in [7, 11) is 0. The third-order valence-electron chi connectivity index (χ3n) is 3.44. The molecule has 24 heavy (non-hydrogen) atoms. The number of hydrogen-bond donors (Lipinski definition) is 1. The molecule has 0 bridgehead atoms. The van der Waals surface area contributed by atoms with E-state index in [1.165, 1.54) is 0 Å². The number of hydrogen-bond acceptors (Lipinski definition) is 4. The van der Waals surface area contributed by atoms with E-state index < -0.39 is 5.97 Å². The summed E-state index contributed by atoms with van der Waals surface area (Å²) in [6, 6.07) is 14.8. The zero-order valence-corrected chi connectivity index (χ0v) is 13.2. The van der Waals surface area contributed by atoms with Crippen LogP contribution in [-0.4, -0.2) is 22.7 Å². The number of carboxylic acid groups (broad SMARTS) is 1. The van der Waals surface area contributed by atoms with Gasteiger partial charge < -0.3 is 14.3 Å². The molecule has 0 aliphatic carbocycles. The minimum atomic E-state index is -0.936. The first-order valence-corrected chi connectivity index (χ1v) is 7.67. The van der Waals surface area contributed by atoms with Crippen molar-refractivity contribution in [2.75, 3.05) is 6.61 Å². The largest absolute Gasteiger partial charge is 0.494 e. The van der Waals surface area contributed by atoms with Crippen molar-refractivity contribution in [3.05, 3.63) is 60.0 Å². The highest BCUT2D eigenvalue weighted by molar-refractivity contribution is 5.90. The van der Waals surface area contributed by atoms with Crippen LogP contribution in [0.3, 0.4) is 0 Å². The monoisotopic (exact) mass is 323 g/mol. The highest BCUT2D eigenvalue weighted by Crippen LogP contribution is 2.26. The number of benzene rings is 2. The van der Waals surface area contributed by atoms with E-state index in [0.717, 1.165) is 11.3 Å². The van der Waals surface area contributed by atoms with Crippen LogP contribution in [0.4, 0.5) is 0 Å². The number of aliphatic carboxylic acids is 1. The molecule has 1 aromatic heterocycles. The first-order chi connectivity index (χ1) is 11.7. The van der Waals surface area contributed by atoms with Gasteiger partial charge in [0.1, 0.15) is 11.3 Å². The zero-order chi connectivity index (χ0) is 16.9. The molecule has 1 N–H and O–H groups in total. The number of rotatable bonds is 6. The van der Waals surface area contributed by atoms with Gasteiger partial charge in [0.25, 0.3) is 0 Å². The lowest BCUT2D eigenvalue weighted by Crippen LogP contribution is -1.97. The standard InChI is InChI=1S/C19H17NO4/c1-2-23-15-9-7-13(8-10-15)11-14(12-18(21)22)19-20-16-5-3-4-6-17(16)24-19/h3-11H,2,12H2,1H3,(H,21,22)/b14-11+. The molecule has 0 saturated carbocycles. The lowest BCUT2D eigenvalue weighted by Gasteiger charge is -2.04. The lowest BCUT2D eigenvalue weighted by molar-refractivity contribution is -0.135. The van der Waals surface area contributed by atoms with Crippen LogP contribution in [-0.2, 0) is 4.79 Å². The molecule has 0 fully saturated rings. The van der Waals surface area contributed by atoms with Gasteiger partial charge >= 0.3 is 5.97 Å². The van der Waals surface area contributed by atoms with E-state index in [1.807, 2.05) is 49.4 Å². The van der Waals surface area contributed by atoms with Gasteiger partial charge in [0.15, 0.2) is 5.58 Å². The Bertz CT molecular complexity index is 845. The van der Waals surface area contributed by atoms with Crippen LogP contribution in [0.1, 0.15) is 24.8 Å².